The number of hydrogen-bond acceptors (Lipinski definition) is 5. The molecule has 0 amide bonds. The summed E-state index contributed by atoms with van der Waals surface area (Å²) in [4.78, 5) is 7.72. The summed E-state index contributed by atoms with van der Waals surface area (Å²) in [7, 11) is -1.24. The van der Waals surface area contributed by atoms with Crippen LogP contribution in [-0.2, 0) is 10.0 Å². The zero-order valence-electron chi connectivity index (χ0n) is 15.2. The third-order valence-electron chi connectivity index (χ3n) is 6.82. The quantitative estimate of drug-likeness (QED) is 0.743. The molecule has 2 unspecified atom stereocenters. The molecule has 0 saturated carbocycles. The van der Waals surface area contributed by atoms with Crippen LogP contribution in [0.5, 0.6) is 0 Å². The molecule has 3 fully saturated rings. The summed E-state index contributed by atoms with van der Waals surface area (Å²) >= 11 is 0. The monoisotopic (exact) mass is 374 g/mol. The third kappa shape index (κ3) is 2.60. The van der Waals surface area contributed by atoms with E-state index < -0.39 is 10.0 Å². The molecule has 3 saturated heterocycles. The molecule has 140 valence electrons. The van der Waals surface area contributed by atoms with Gasteiger partial charge in [-0.2, -0.15) is 8.42 Å². The van der Waals surface area contributed by atoms with Gasteiger partial charge in [0.2, 0.25) is 0 Å². The van der Waals surface area contributed by atoms with Crippen LogP contribution in [0.25, 0.3) is 0 Å². The fourth-order valence-electron chi connectivity index (χ4n) is 5.30. The second-order valence-electron chi connectivity index (χ2n) is 8.08. The highest BCUT2D eigenvalue weighted by Gasteiger charge is 2.41. The highest BCUT2D eigenvalue weighted by molar-refractivity contribution is 7.90. The maximum absolute atomic E-state index is 12.3. The van der Waals surface area contributed by atoms with Gasteiger partial charge in [-0.15, -0.1) is 4.40 Å². The topological polar surface area (TPSA) is 56.2 Å². The van der Waals surface area contributed by atoms with Gasteiger partial charge in [0, 0.05) is 49.9 Å². The van der Waals surface area contributed by atoms with E-state index in [2.05, 4.69) is 26.1 Å². The van der Waals surface area contributed by atoms with Gasteiger partial charge in [-0.1, -0.05) is 12.1 Å². The molecule has 0 radical (unpaired) electrons. The smallest absolute Gasteiger partial charge is 0.285 e. The summed E-state index contributed by atoms with van der Waals surface area (Å²) in [5.74, 6) is 0.642. The maximum Gasteiger partial charge on any atom is 0.285 e. The molecule has 0 spiro atoms. The lowest BCUT2D eigenvalue weighted by atomic mass is 9.96. The number of sulfonamides is 1. The Labute approximate surface area is 155 Å². The number of fused-ring (bicyclic) bond motifs is 3. The summed E-state index contributed by atoms with van der Waals surface area (Å²) in [5.41, 5.74) is 0.762. The van der Waals surface area contributed by atoms with Crippen molar-refractivity contribution in [1.82, 2.24) is 14.7 Å². The first-order valence-electron chi connectivity index (χ1n) is 9.68. The highest BCUT2D eigenvalue weighted by atomic mass is 32.2. The summed E-state index contributed by atoms with van der Waals surface area (Å²) < 4.78 is 28.7. The van der Waals surface area contributed by atoms with Crippen molar-refractivity contribution in [2.75, 3.05) is 33.2 Å². The fourth-order valence-corrected chi connectivity index (χ4v) is 6.52. The molecule has 1 aromatic rings. The number of benzene rings is 1. The average molecular weight is 375 g/mol. The van der Waals surface area contributed by atoms with Crippen molar-refractivity contribution in [3.8, 4) is 0 Å². The summed E-state index contributed by atoms with van der Waals surface area (Å²) in [6.45, 7) is 3.69. The summed E-state index contributed by atoms with van der Waals surface area (Å²) in [6, 6.07) is 9.39. The van der Waals surface area contributed by atoms with Gasteiger partial charge >= 0.3 is 0 Å². The number of piperazine rings is 1. The molecule has 6 nitrogen and oxygen atoms in total. The Kier molecular flexibility index (Phi) is 3.88. The molecule has 4 heterocycles. The lowest BCUT2D eigenvalue weighted by Crippen LogP contribution is -2.55. The van der Waals surface area contributed by atoms with E-state index in [1.54, 1.807) is 12.1 Å². The molecule has 7 heteroatoms. The molecule has 5 rings (SSSR count). The molecule has 0 N–H and O–H groups in total. The van der Waals surface area contributed by atoms with E-state index in [0.717, 1.165) is 43.8 Å². The average Bonchev–Trinajstić information content (AvgIpc) is 3.02. The molecular formula is C19H26N4O2S. The molecular weight excluding hydrogens is 348 g/mol. The largest absolute Gasteiger partial charge is 0.353 e. The maximum atomic E-state index is 12.3. The summed E-state index contributed by atoms with van der Waals surface area (Å²) in [5, 5.41) is 0. The fraction of sp³-hybridized carbons (Fsp3) is 0.632. The number of hydrogen-bond donors (Lipinski definition) is 0. The predicted octanol–water partition coefficient (Wildman–Crippen LogP) is 1.38. The highest BCUT2D eigenvalue weighted by Crippen LogP contribution is 2.36. The Morgan fingerprint density at radius 1 is 0.962 bits per heavy atom. The van der Waals surface area contributed by atoms with Crippen LogP contribution in [0, 0.1) is 0 Å². The van der Waals surface area contributed by atoms with Crippen LogP contribution in [-0.4, -0.2) is 80.3 Å². The number of amidine groups is 1. The lowest BCUT2D eigenvalue weighted by Gasteiger charge is -2.45. The second kappa shape index (κ2) is 6.04. The van der Waals surface area contributed by atoms with Crippen molar-refractivity contribution in [3.05, 3.63) is 29.8 Å². The minimum Gasteiger partial charge on any atom is -0.353 e. The first-order chi connectivity index (χ1) is 12.5. The SMILES string of the molecule is CN1C2CCC1CC(N1CCN(C3=NS(=O)(=O)c4ccccc43)CC1)C2. The minimum absolute atomic E-state index is 0.351. The molecule has 26 heavy (non-hydrogen) atoms. The Morgan fingerprint density at radius 3 is 2.31 bits per heavy atom. The van der Waals surface area contributed by atoms with E-state index in [0.29, 0.717) is 16.8 Å². The number of nitrogens with zero attached hydrogens (tertiary/aromatic N) is 4. The molecule has 2 atom stereocenters. The minimum atomic E-state index is -3.52. The molecule has 0 aliphatic carbocycles. The Bertz CT molecular complexity index is 831. The van der Waals surface area contributed by atoms with Gasteiger partial charge in [0.05, 0.1) is 0 Å². The zero-order valence-corrected chi connectivity index (χ0v) is 16.0. The van der Waals surface area contributed by atoms with E-state index in [9.17, 15) is 8.42 Å². The van der Waals surface area contributed by atoms with Crippen molar-refractivity contribution in [2.45, 2.75) is 48.7 Å². The standard InChI is InChI=1S/C19H26N4O2S/c1-21-14-6-7-15(21)13-16(12-14)22-8-10-23(11-9-22)19-17-4-2-3-5-18(17)26(24,25)20-19/h2-5,14-16H,6-13H2,1H3. The van der Waals surface area contributed by atoms with Crippen LogP contribution in [0.4, 0.5) is 0 Å². The van der Waals surface area contributed by atoms with Gasteiger partial charge in [-0.05, 0) is 44.9 Å². The first kappa shape index (κ1) is 16.7. The molecule has 0 aromatic heterocycles. The Hall–Kier alpha value is -1.44. The first-order valence-corrected chi connectivity index (χ1v) is 11.1. The van der Waals surface area contributed by atoms with Gasteiger partial charge < -0.3 is 9.80 Å². The predicted molar refractivity (Wildman–Crippen MR) is 101 cm³/mol. The normalized spacial score (nSPS) is 34.0. The Balaban J connectivity index is 1.29. The van der Waals surface area contributed by atoms with Gasteiger partial charge in [-0.25, -0.2) is 0 Å². The molecule has 1 aromatic carbocycles. The molecule has 2 bridgehead atoms. The lowest BCUT2D eigenvalue weighted by molar-refractivity contribution is 0.0540. The van der Waals surface area contributed by atoms with Crippen LogP contribution >= 0.6 is 0 Å². The van der Waals surface area contributed by atoms with Crippen molar-refractivity contribution < 1.29 is 8.42 Å². The van der Waals surface area contributed by atoms with Crippen LogP contribution in [0.3, 0.4) is 0 Å². The van der Waals surface area contributed by atoms with Crippen LogP contribution in [0.2, 0.25) is 0 Å². The van der Waals surface area contributed by atoms with Gasteiger partial charge in [0.1, 0.15) is 4.90 Å². The van der Waals surface area contributed by atoms with E-state index in [1.807, 2.05) is 12.1 Å². The van der Waals surface area contributed by atoms with Gasteiger partial charge in [0.15, 0.2) is 5.84 Å². The molecule has 4 aliphatic rings. The van der Waals surface area contributed by atoms with Crippen molar-refractivity contribution in [3.63, 3.8) is 0 Å². The Morgan fingerprint density at radius 2 is 1.62 bits per heavy atom. The second-order valence-corrected chi connectivity index (χ2v) is 9.66. The van der Waals surface area contributed by atoms with E-state index >= 15 is 0 Å². The van der Waals surface area contributed by atoms with E-state index in [4.69, 9.17) is 0 Å². The van der Waals surface area contributed by atoms with Crippen molar-refractivity contribution in [1.29, 1.82) is 0 Å². The van der Waals surface area contributed by atoms with Crippen LogP contribution in [0.15, 0.2) is 33.6 Å². The third-order valence-corrected chi connectivity index (χ3v) is 8.14. The van der Waals surface area contributed by atoms with E-state index in [-0.39, 0.29) is 0 Å². The van der Waals surface area contributed by atoms with Crippen LogP contribution in [0.1, 0.15) is 31.2 Å². The van der Waals surface area contributed by atoms with E-state index in [1.165, 1.54) is 25.7 Å². The van der Waals surface area contributed by atoms with Crippen molar-refractivity contribution in [2.24, 2.45) is 4.40 Å². The van der Waals surface area contributed by atoms with Crippen LogP contribution < -0.4 is 0 Å². The number of rotatable bonds is 1. The number of piperidine rings is 1. The van der Waals surface area contributed by atoms with Crippen molar-refractivity contribution >= 4 is 15.9 Å². The van der Waals surface area contributed by atoms with Gasteiger partial charge in [0.25, 0.3) is 10.0 Å². The van der Waals surface area contributed by atoms with Gasteiger partial charge in [-0.3, -0.25) is 4.90 Å². The molecule has 4 aliphatic heterocycles. The summed E-state index contributed by atoms with van der Waals surface area (Å²) in [6.07, 6.45) is 5.27. The zero-order chi connectivity index (χ0) is 17.9.